The summed E-state index contributed by atoms with van der Waals surface area (Å²) >= 11 is 0. The van der Waals surface area contributed by atoms with Crippen LogP contribution in [0.5, 0.6) is 0 Å². The number of nitrogens with two attached hydrogens (primary N) is 1. The molecule has 0 saturated carbocycles. The van der Waals surface area contributed by atoms with Crippen molar-refractivity contribution in [3.63, 3.8) is 0 Å². The molecule has 0 aliphatic rings. The number of carbonyl (C=O) groups excluding carboxylic acids is 1. The molecule has 1 unspecified atom stereocenters. The van der Waals surface area contributed by atoms with E-state index < -0.39 is 5.97 Å². The Bertz CT molecular complexity index is 690. The number of ether oxygens (including phenoxy) is 1. The molecule has 4 N–H and O–H groups in total. The van der Waals surface area contributed by atoms with Gasteiger partial charge in [-0.25, -0.2) is 9.78 Å². The van der Waals surface area contributed by atoms with E-state index >= 15 is 0 Å². The van der Waals surface area contributed by atoms with E-state index in [-0.39, 0.29) is 30.6 Å². The van der Waals surface area contributed by atoms with E-state index in [2.05, 4.69) is 15.3 Å². The number of pyridine rings is 2. The minimum atomic E-state index is -0.555. The largest absolute Gasteiger partial charge is 0.462 e. The summed E-state index contributed by atoms with van der Waals surface area (Å²) < 4.78 is 5.08. The van der Waals surface area contributed by atoms with E-state index in [1.807, 2.05) is 6.92 Å². The van der Waals surface area contributed by atoms with Gasteiger partial charge in [0.25, 0.3) is 0 Å². The molecule has 0 saturated heterocycles. The van der Waals surface area contributed by atoms with Crippen LogP contribution in [0.25, 0.3) is 11.0 Å². The van der Waals surface area contributed by atoms with Crippen LogP contribution in [0.4, 0.5) is 11.5 Å². The van der Waals surface area contributed by atoms with E-state index in [9.17, 15) is 9.90 Å². The molecule has 2 rings (SSSR count). The van der Waals surface area contributed by atoms with Gasteiger partial charge in [0.2, 0.25) is 0 Å². The van der Waals surface area contributed by atoms with E-state index in [1.165, 1.54) is 0 Å². The number of hydrogen-bond acceptors (Lipinski definition) is 7. The fourth-order valence-corrected chi connectivity index (χ4v) is 2.42. The second kappa shape index (κ2) is 7.73. The van der Waals surface area contributed by atoms with Crippen molar-refractivity contribution in [1.29, 1.82) is 0 Å². The van der Waals surface area contributed by atoms with Gasteiger partial charge in [-0.3, -0.25) is 4.98 Å². The number of rotatable bonds is 7. The normalized spacial score (nSPS) is 12.1. The lowest BCUT2D eigenvalue weighted by molar-refractivity contribution is 0.0528. The maximum atomic E-state index is 12.3. The molecule has 0 radical (unpaired) electrons. The molecule has 0 amide bonds. The molecular formula is C16H22N4O3. The van der Waals surface area contributed by atoms with Crippen LogP contribution in [0.1, 0.15) is 37.0 Å². The van der Waals surface area contributed by atoms with Gasteiger partial charge in [-0.2, -0.15) is 0 Å². The average Bonchev–Trinajstić information content (AvgIpc) is 2.54. The highest BCUT2D eigenvalue weighted by molar-refractivity contribution is 6.07. The molecule has 0 fully saturated rings. The van der Waals surface area contributed by atoms with Gasteiger partial charge in [0.05, 0.1) is 24.4 Å². The highest BCUT2D eigenvalue weighted by Crippen LogP contribution is 2.30. The first-order valence-electron chi connectivity index (χ1n) is 7.71. The van der Waals surface area contributed by atoms with Crippen molar-refractivity contribution in [3.05, 3.63) is 23.9 Å². The number of carbonyl (C=O) groups is 1. The van der Waals surface area contributed by atoms with Gasteiger partial charge in [0, 0.05) is 12.2 Å². The van der Waals surface area contributed by atoms with Crippen molar-refractivity contribution >= 4 is 28.5 Å². The molecule has 23 heavy (non-hydrogen) atoms. The lowest BCUT2D eigenvalue weighted by Crippen LogP contribution is -2.26. The van der Waals surface area contributed by atoms with Gasteiger partial charge in [-0.15, -0.1) is 0 Å². The van der Waals surface area contributed by atoms with E-state index in [0.29, 0.717) is 16.7 Å². The Kier molecular flexibility index (Phi) is 5.70. The van der Waals surface area contributed by atoms with Gasteiger partial charge in [-0.05, 0) is 25.5 Å². The Morgan fingerprint density at radius 3 is 2.91 bits per heavy atom. The highest BCUT2D eigenvalue weighted by Gasteiger charge is 2.23. The van der Waals surface area contributed by atoms with E-state index in [4.69, 9.17) is 10.5 Å². The van der Waals surface area contributed by atoms with Gasteiger partial charge < -0.3 is 20.9 Å². The molecule has 0 aliphatic heterocycles. The van der Waals surface area contributed by atoms with Crippen molar-refractivity contribution in [2.24, 2.45) is 0 Å². The summed E-state index contributed by atoms with van der Waals surface area (Å²) in [6.45, 7) is 3.92. The zero-order valence-corrected chi connectivity index (χ0v) is 13.4. The van der Waals surface area contributed by atoms with Crippen LogP contribution < -0.4 is 11.1 Å². The van der Waals surface area contributed by atoms with Crippen molar-refractivity contribution in [2.45, 2.75) is 32.7 Å². The first-order valence-corrected chi connectivity index (χ1v) is 7.71. The monoisotopic (exact) mass is 318 g/mol. The number of nitrogen functional groups attached to an aromatic ring is 1. The van der Waals surface area contributed by atoms with Crippen molar-refractivity contribution in [3.8, 4) is 0 Å². The van der Waals surface area contributed by atoms with E-state index in [1.54, 1.807) is 25.3 Å². The Hall–Kier alpha value is -2.41. The number of aliphatic hydroxyl groups excluding tert-OH is 1. The second-order valence-corrected chi connectivity index (χ2v) is 5.15. The Morgan fingerprint density at radius 2 is 2.26 bits per heavy atom. The summed E-state index contributed by atoms with van der Waals surface area (Å²) in [6, 6.07) is 3.31. The predicted octanol–water partition coefficient (Wildman–Crippen LogP) is 1.96. The molecule has 2 aromatic heterocycles. The minimum Gasteiger partial charge on any atom is -0.462 e. The third kappa shape index (κ3) is 3.68. The van der Waals surface area contributed by atoms with Gasteiger partial charge >= 0.3 is 5.97 Å². The van der Waals surface area contributed by atoms with Crippen LogP contribution in [0.3, 0.4) is 0 Å². The van der Waals surface area contributed by atoms with Crippen LogP contribution in [-0.2, 0) is 4.74 Å². The first kappa shape index (κ1) is 17.0. The van der Waals surface area contributed by atoms with Crippen LogP contribution in [-0.4, -0.2) is 40.3 Å². The Balaban J connectivity index is 2.60. The quantitative estimate of drug-likeness (QED) is 0.669. The molecule has 0 aromatic carbocycles. The number of nitrogens with zero attached hydrogens (tertiary/aromatic N) is 2. The number of aromatic nitrogens is 2. The highest BCUT2D eigenvalue weighted by atomic mass is 16.5. The number of anilines is 2. The molecule has 1 atom stereocenters. The van der Waals surface area contributed by atoms with Crippen LogP contribution >= 0.6 is 0 Å². The van der Waals surface area contributed by atoms with E-state index in [0.717, 1.165) is 12.8 Å². The number of fused-ring (bicyclic) bond motifs is 1. The third-order valence-electron chi connectivity index (χ3n) is 3.46. The summed E-state index contributed by atoms with van der Waals surface area (Å²) in [5.74, 6) is -0.472. The van der Waals surface area contributed by atoms with Gasteiger partial charge in [0.1, 0.15) is 16.9 Å². The molecule has 0 bridgehead atoms. The average molecular weight is 318 g/mol. The standard InChI is InChI=1S/C16H22N4O3/c1-3-6-10(9-21)19-14-12(16(22)23-4-2)15(17)20-11-7-5-8-18-13(11)14/h5,7-8,10,21H,3-4,6,9H2,1-2H3,(H3,17,19,20). The van der Waals surface area contributed by atoms with Crippen molar-refractivity contribution in [1.82, 2.24) is 9.97 Å². The summed E-state index contributed by atoms with van der Waals surface area (Å²) in [4.78, 5) is 20.8. The van der Waals surface area contributed by atoms with Gasteiger partial charge in [0.15, 0.2) is 0 Å². The van der Waals surface area contributed by atoms with Crippen LogP contribution in [0.15, 0.2) is 18.3 Å². The smallest absolute Gasteiger partial charge is 0.344 e. The van der Waals surface area contributed by atoms with Crippen LogP contribution in [0.2, 0.25) is 0 Å². The van der Waals surface area contributed by atoms with Crippen molar-refractivity contribution in [2.75, 3.05) is 24.3 Å². The maximum Gasteiger partial charge on any atom is 0.344 e. The molecule has 2 heterocycles. The summed E-state index contributed by atoms with van der Waals surface area (Å²) in [5.41, 5.74) is 7.69. The number of esters is 1. The topological polar surface area (TPSA) is 110 Å². The lowest BCUT2D eigenvalue weighted by atomic mass is 10.1. The lowest BCUT2D eigenvalue weighted by Gasteiger charge is -2.20. The molecule has 0 aliphatic carbocycles. The fourth-order valence-electron chi connectivity index (χ4n) is 2.42. The third-order valence-corrected chi connectivity index (χ3v) is 3.46. The second-order valence-electron chi connectivity index (χ2n) is 5.15. The fraction of sp³-hybridized carbons (Fsp3) is 0.438. The SMILES string of the molecule is CCCC(CO)Nc1c(C(=O)OCC)c(N)nc2cccnc12. The Labute approximate surface area is 134 Å². The molecular weight excluding hydrogens is 296 g/mol. The number of nitrogens with one attached hydrogen (secondary N) is 1. The predicted molar refractivity (Wildman–Crippen MR) is 89.3 cm³/mol. The molecule has 0 spiro atoms. The van der Waals surface area contributed by atoms with Gasteiger partial charge in [-0.1, -0.05) is 13.3 Å². The first-order chi connectivity index (χ1) is 11.1. The molecule has 7 heteroatoms. The zero-order valence-electron chi connectivity index (χ0n) is 13.4. The van der Waals surface area contributed by atoms with Crippen LogP contribution in [0, 0.1) is 0 Å². The summed E-state index contributed by atoms with van der Waals surface area (Å²) in [7, 11) is 0. The summed E-state index contributed by atoms with van der Waals surface area (Å²) in [5, 5.41) is 12.7. The number of hydrogen-bond donors (Lipinski definition) is 3. The Morgan fingerprint density at radius 1 is 1.48 bits per heavy atom. The molecule has 2 aromatic rings. The maximum absolute atomic E-state index is 12.3. The molecule has 124 valence electrons. The minimum absolute atomic E-state index is 0.0628. The molecule has 7 nitrogen and oxygen atoms in total. The number of aliphatic hydroxyl groups is 1. The summed E-state index contributed by atoms with van der Waals surface area (Å²) in [6.07, 6.45) is 3.25. The van der Waals surface area contributed by atoms with Crippen molar-refractivity contribution < 1.29 is 14.6 Å². The zero-order chi connectivity index (χ0) is 16.8.